The van der Waals surface area contributed by atoms with Gasteiger partial charge in [0, 0.05) is 41.5 Å². The van der Waals surface area contributed by atoms with Gasteiger partial charge in [-0.05, 0) is 42.8 Å². The topological polar surface area (TPSA) is 111 Å². The number of anilines is 3. The maximum atomic E-state index is 14.7. The lowest BCUT2D eigenvalue weighted by Crippen LogP contribution is -2.51. The number of nitrogens with zero attached hydrogens (tertiary/aromatic N) is 3. The van der Waals surface area contributed by atoms with Crippen molar-refractivity contribution < 1.29 is 31.6 Å². The van der Waals surface area contributed by atoms with Gasteiger partial charge in [-0.3, -0.25) is 0 Å². The highest BCUT2D eigenvalue weighted by atomic mass is 28.4. The van der Waals surface area contributed by atoms with Gasteiger partial charge in [-0.25, -0.2) is 4.98 Å². The van der Waals surface area contributed by atoms with Gasteiger partial charge in [0.2, 0.25) is 5.95 Å². The highest BCUT2D eigenvalue weighted by molar-refractivity contribution is 6.74. The number of nitrogens with one attached hydrogen (secondary N) is 2. The number of nitriles is 1. The molecule has 2 aliphatic heterocycles. The van der Waals surface area contributed by atoms with E-state index in [1.807, 2.05) is 20.8 Å². The molecule has 0 radical (unpaired) electrons. The molecule has 14 heteroatoms. The Morgan fingerprint density at radius 3 is 2.44 bits per heavy atom. The second kappa shape index (κ2) is 12.4. The summed E-state index contributed by atoms with van der Waals surface area (Å²) in [6.45, 7) is 17.1. The predicted molar refractivity (Wildman–Crippen MR) is 162 cm³/mol. The molecule has 0 bridgehead atoms. The molecular formula is C29H41BF3N5O4Si. The van der Waals surface area contributed by atoms with Crippen LogP contribution in [0.1, 0.15) is 51.3 Å². The fraction of sp³-hybridized carbons (Fsp3) is 0.621. The predicted octanol–water partition coefficient (Wildman–Crippen LogP) is 5.79. The van der Waals surface area contributed by atoms with Crippen LogP contribution in [0.5, 0.6) is 0 Å². The summed E-state index contributed by atoms with van der Waals surface area (Å²) >= 11 is 0. The molecule has 43 heavy (non-hydrogen) atoms. The third-order valence-electron chi connectivity index (χ3n) is 8.25. The summed E-state index contributed by atoms with van der Waals surface area (Å²) in [6.07, 6.45) is -3.13. The molecule has 1 aromatic heterocycles. The number of alkyl halides is 3. The van der Waals surface area contributed by atoms with Crippen LogP contribution in [0.15, 0.2) is 18.3 Å². The molecular weight excluding hydrogens is 578 g/mol. The summed E-state index contributed by atoms with van der Waals surface area (Å²) < 4.78 is 67.6. The van der Waals surface area contributed by atoms with Crippen molar-refractivity contribution in [1.29, 1.82) is 5.26 Å². The van der Waals surface area contributed by atoms with Gasteiger partial charge in [-0.1, -0.05) is 34.6 Å². The Morgan fingerprint density at radius 1 is 1.16 bits per heavy atom. The summed E-state index contributed by atoms with van der Waals surface area (Å²) in [5.74, 6) is 0.226. The smallest absolute Gasteiger partial charge is 0.413 e. The molecule has 2 atom stereocenters. The zero-order chi connectivity index (χ0) is 31.8. The van der Waals surface area contributed by atoms with Crippen molar-refractivity contribution in [2.75, 3.05) is 37.1 Å². The number of halogens is 3. The first-order valence-electron chi connectivity index (χ1n) is 14.4. The van der Waals surface area contributed by atoms with Crippen LogP contribution in [0, 0.1) is 29.6 Å². The van der Waals surface area contributed by atoms with E-state index in [1.54, 1.807) is 12.3 Å². The van der Waals surface area contributed by atoms with Crippen molar-refractivity contribution >= 4 is 38.4 Å². The molecule has 234 valence electrons. The van der Waals surface area contributed by atoms with Crippen LogP contribution in [0.3, 0.4) is 0 Å². The monoisotopic (exact) mass is 619 g/mol. The molecule has 0 spiro atoms. The first-order valence-corrected chi connectivity index (χ1v) is 17.3. The summed E-state index contributed by atoms with van der Waals surface area (Å²) in [5, 5.41) is 15.4. The highest BCUT2D eigenvalue weighted by Crippen LogP contribution is 2.38. The lowest BCUT2D eigenvalue weighted by Gasteiger charge is -2.37. The Balaban J connectivity index is 1.72. The number of aromatic nitrogens is 2. The fourth-order valence-corrected chi connectivity index (χ4v) is 5.48. The standard InChI is InChI=1S/C29H41BF3N5O4Si/c1-18-12-35-26(38-25(18)37-23-15-39-13-20(23)11-34)36-21-9-19(14-42-43(7,8)27(2,3)4)24(22(10-21)29(31,32)33)30-40-16-28(5,6)17-41-30/h9-10,12,20,23H,13-17H2,1-8H3,(H2,35,36,37,38)/t20-,23-/m1/s1. The first kappa shape index (κ1) is 33.2. The molecule has 3 heterocycles. The van der Waals surface area contributed by atoms with E-state index in [-0.39, 0.29) is 59.3 Å². The minimum Gasteiger partial charge on any atom is -0.413 e. The quantitative estimate of drug-likeness (QED) is 0.355. The Bertz CT molecular complexity index is 1350. The van der Waals surface area contributed by atoms with Gasteiger partial charge in [-0.15, -0.1) is 0 Å². The van der Waals surface area contributed by atoms with Crippen molar-refractivity contribution in [2.24, 2.45) is 11.3 Å². The molecule has 2 saturated heterocycles. The second-order valence-electron chi connectivity index (χ2n) is 13.6. The van der Waals surface area contributed by atoms with E-state index < -0.39 is 27.2 Å². The minimum absolute atomic E-state index is 0.0458. The van der Waals surface area contributed by atoms with Crippen molar-refractivity contribution in [3.63, 3.8) is 0 Å². The SMILES string of the molecule is Cc1cnc(Nc2cc(CO[Si](C)(C)C(C)(C)C)c(B3OCC(C)(C)CO3)c(C(F)(F)F)c2)nc1N[C@@H]1COC[C@H]1C#N. The third-order valence-corrected chi connectivity index (χ3v) is 12.7. The number of aryl methyl sites for hydroxylation is 1. The fourth-order valence-electron chi connectivity index (χ4n) is 4.53. The van der Waals surface area contributed by atoms with Crippen LogP contribution >= 0.6 is 0 Å². The van der Waals surface area contributed by atoms with Crippen molar-refractivity contribution in [3.05, 3.63) is 35.0 Å². The molecule has 4 rings (SSSR count). The Morgan fingerprint density at radius 2 is 1.84 bits per heavy atom. The highest BCUT2D eigenvalue weighted by Gasteiger charge is 2.44. The van der Waals surface area contributed by atoms with Crippen molar-refractivity contribution in [3.8, 4) is 6.07 Å². The van der Waals surface area contributed by atoms with Gasteiger partial charge in [0.05, 0.1) is 43.4 Å². The van der Waals surface area contributed by atoms with Crippen LogP contribution in [0.4, 0.5) is 30.6 Å². The number of ether oxygens (including phenoxy) is 1. The first-order chi connectivity index (χ1) is 19.9. The molecule has 0 amide bonds. The summed E-state index contributed by atoms with van der Waals surface area (Å²) in [4.78, 5) is 8.82. The van der Waals surface area contributed by atoms with E-state index in [2.05, 4.69) is 60.5 Å². The maximum absolute atomic E-state index is 14.7. The second-order valence-corrected chi connectivity index (χ2v) is 18.4. The molecule has 2 aromatic rings. The summed E-state index contributed by atoms with van der Waals surface area (Å²) in [6, 6.07) is 4.61. The van der Waals surface area contributed by atoms with Gasteiger partial charge < -0.3 is 29.1 Å². The molecule has 0 unspecified atom stereocenters. The van der Waals surface area contributed by atoms with Crippen LogP contribution in [0.25, 0.3) is 0 Å². The molecule has 1 aromatic carbocycles. The van der Waals surface area contributed by atoms with Crippen molar-refractivity contribution in [2.45, 2.75) is 78.5 Å². The van der Waals surface area contributed by atoms with Gasteiger partial charge >= 0.3 is 13.3 Å². The van der Waals surface area contributed by atoms with Crippen LogP contribution in [-0.2, 0) is 31.3 Å². The van der Waals surface area contributed by atoms with Crippen LogP contribution in [-0.4, -0.2) is 57.9 Å². The Kier molecular flexibility index (Phi) is 9.54. The minimum atomic E-state index is -4.70. The van der Waals surface area contributed by atoms with Gasteiger partial charge in [0.25, 0.3) is 0 Å². The van der Waals surface area contributed by atoms with E-state index >= 15 is 0 Å². The van der Waals surface area contributed by atoms with E-state index in [4.69, 9.17) is 18.5 Å². The lowest BCUT2D eigenvalue weighted by molar-refractivity contribution is -0.137. The molecule has 0 aliphatic carbocycles. The zero-order valence-electron chi connectivity index (χ0n) is 26.1. The zero-order valence-corrected chi connectivity index (χ0v) is 27.1. The average Bonchev–Trinajstić information content (AvgIpc) is 3.35. The molecule has 2 fully saturated rings. The number of hydrogen-bond donors (Lipinski definition) is 2. The maximum Gasteiger partial charge on any atom is 0.494 e. The van der Waals surface area contributed by atoms with Crippen LogP contribution < -0.4 is 16.1 Å². The molecule has 2 aliphatic rings. The Hall–Kier alpha value is -2.70. The average molecular weight is 620 g/mol. The van der Waals surface area contributed by atoms with E-state index in [9.17, 15) is 18.4 Å². The normalized spacial score (nSPS) is 21.0. The molecule has 9 nitrogen and oxygen atoms in total. The van der Waals surface area contributed by atoms with Gasteiger partial charge in [0.15, 0.2) is 8.32 Å². The van der Waals surface area contributed by atoms with E-state index in [0.717, 1.165) is 11.6 Å². The van der Waals surface area contributed by atoms with Gasteiger partial charge in [0.1, 0.15) is 5.82 Å². The summed E-state index contributed by atoms with van der Waals surface area (Å²) in [7, 11) is -3.52. The van der Waals surface area contributed by atoms with Crippen molar-refractivity contribution in [1.82, 2.24) is 9.97 Å². The summed E-state index contributed by atoms with van der Waals surface area (Å²) in [5.41, 5.74) is -0.0870. The largest absolute Gasteiger partial charge is 0.494 e. The van der Waals surface area contributed by atoms with Crippen LogP contribution in [0.2, 0.25) is 18.1 Å². The van der Waals surface area contributed by atoms with Gasteiger partial charge in [-0.2, -0.15) is 23.4 Å². The van der Waals surface area contributed by atoms with E-state index in [1.165, 1.54) is 0 Å². The number of hydrogen-bond acceptors (Lipinski definition) is 9. The van der Waals surface area contributed by atoms with E-state index in [0.29, 0.717) is 24.6 Å². The number of benzene rings is 1. The number of rotatable bonds is 8. The lowest BCUT2D eigenvalue weighted by atomic mass is 9.70. The third kappa shape index (κ3) is 7.88. The Labute approximate surface area is 253 Å². The molecule has 2 N–H and O–H groups in total. The molecule has 0 saturated carbocycles.